The summed E-state index contributed by atoms with van der Waals surface area (Å²) in [6.07, 6.45) is 2.80. The molecule has 0 bridgehead atoms. The number of carbonyl (C=O) groups excluding carboxylic acids is 1. The van der Waals surface area contributed by atoms with Crippen LogP contribution in [0.15, 0.2) is 58.4 Å². The number of nitrogens with zero attached hydrogens (tertiary/aromatic N) is 1. The molecule has 2 aromatic carbocycles. The molecule has 0 aliphatic carbocycles. The van der Waals surface area contributed by atoms with Gasteiger partial charge in [-0.2, -0.15) is 0 Å². The van der Waals surface area contributed by atoms with Crippen molar-refractivity contribution in [1.82, 2.24) is 10.0 Å². The largest absolute Gasteiger partial charge is 0.492 e. The summed E-state index contributed by atoms with van der Waals surface area (Å²) in [6.45, 7) is 1.33. The Morgan fingerprint density at radius 1 is 1.07 bits per heavy atom. The lowest BCUT2D eigenvalue weighted by Gasteiger charge is -2.08. The molecule has 1 amide bonds. The Bertz CT molecular complexity index is 1010. The Morgan fingerprint density at radius 2 is 1.83 bits per heavy atom. The van der Waals surface area contributed by atoms with Crippen molar-refractivity contribution in [2.24, 2.45) is 4.99 Å². The molecule has 0 unspecified atom stereocenters. The Morgan fingerprint density at radius 3 is 2.63 bits per heavy atom. The fraction of sp³-hybridized carbons (Fsp3) is 0.333. The zero-order valence-corrected chi connectivity index (χ0v) is 18.0. The van der Waals surface area contributed by atoms with Crippen LogP contribution in [0, 0.1) is 0 Å². The van der Waals surface area contributed by atoms with Gasteiger partial charge in [-0.3, -0.25) is 14.5 Å². The number of halogens is 1. The van der Waals surface area contributed by atoms with Crippen molar-refractivity contribution in [2.45, 2.75) is 30.6 Å². The zero-order chi connectivity index (χ0) is 21.4. The molecule has 0 saturated heterocycles. The highest BCUT2D eigenvalue weighted by Crippen LogP contribution is 2.22. The Labute approximate surface area is 181 Å². The molecule has 0 radical (unpaired) electrons. The average molecular weight is 450 g/mol. The lowest BCUT2D eigenvalue weighted by molar-refractivity contribution is -0.121. The Hall–Kier alpha value is -2.58. The van der Waals surface area contributed by atoms with Gasteiger partial charge in [0.2, 0.25) is 5.91 Å². The highest BCUT2D eigenvalue weighted by molar-refractivity contribution is 7.90. The van der Waals surface area contributed by atoms with Gasteiger partial charge in [-0.25, -0.2) is 8.42 Å². The van der Waals surface area contributed by atoms with Crippen molar-refractivity contribution < 1.29 is 17.9 Å². The summed E-state index contributed by atoms with van der Waals surface area (Å²) < 4.78 is 32.1. The van der Waals surface area contributed by atoms with Crippen LogP contribution in [0.2, 0.25) is 5.02 Å². The Balaban J connectivity index is 1.28. The first-order chi connectivity index (χ1) is 14.5. The van der Waals surface area contributed by atoms with Crippen molar-refractivity contribution in [3.63, 3.8) is 0 Å². The average Bonchev–Trinajstić information content (AvgIpc) is 3.00. The van der Waals surface area contributed by atoms with E-state index < -0.39 is 10.0 Å². The summed E-state index contributed by atoms with van der Waals surface area (Å²) in [5.41, 5.74) is 0.609. The van der Waals surface area contributed by atoms with E-state index in [4.69, 9.17) is 16.3 Å². The van der Waals surface area contributed by atoms with Crippen LogP contribution < -0.4 is 14.8 Å². The minimum Gasteiger partial charge on any atom is -0.492 e. The molecule has 1 aliphatic heterocycles. The molecule has 3 rings (SSSR count). The maximum absolute atomic E-state index is 12.0. The van der Waals surface area contributed by atoms with E-state index >= 15 is 0 Å². The molecule has 0 atom stereocenters. The second-order valence-electron chi connectivity index (χ2n) is 6.79. The third-order valence-corrected chi connectivity index (χ3v) is 6.15. The molecular weight excluding hydrogens is 426 g/mol. The molecule has 1 heterocycles. The number of amides is 1. The van der Waals surface area contributed by atoms with Crippen molar-refractivity contribution >= 4 is 33.4 Å². The van der Waals surface area contributed by atoms with Crippen molar-refractivity contribution in [2.75, 3.05) is 19.7 Å². The molecule has 0 fully saturated rings. The number of carbonyl (C=O) groups is 1. The molecule has 0 aromatic heterocycles. The number of unbranched alkanes of at least 4 members (excludes halogenated alkanes) is 2. The molecule has 2 aromatic rings. The summed E-state index contributed by atoms with van der Waals surface area (Å²) in [5, 5.41) is 3.48. The normalized spacial score (nSPS) is 15.4. The van der Waals surface area contributed by atoms with Gasteiger partial charge < -0.3 is 10.1 Å². The first-order valence-corrected chi connectivity index (χ1v) is 11.6. The van der Waals surface area contributed by atoms with Crippen molar-refractivity contribution in [1.29, 1.82) is 0 Å². The second-order valence-corrected chi connectivity index (χ2v) is 8.88. The third kappa shape index (κ3) is 6.21. The van der Waals surface area contributed by atoms with Crippen LogP contribution in [0.1, 0.15) is 31.2 Å². The predicted molar refractivity (Wildman–Crippen MR) is 117 cm³/mol. The maximum atomic E-state index is 12.0. The fourth-order valence-corrected chi connectivity index (χ4v) is 4.37. The molecule has 160 valence electrons. The van der Waals surface area contributed by atoms with Crippen LogP contribution in [0.3, 0.4) is 0 Å². The lowest BCUT2D eigenvalue weighted by atomic mass is 10.2. The zero-order valence-electron chi connectivity index (χ0n) is 16.4. The fourth-order valence-electron chi connectivity index (χ4n) is 2.99. The van der Waals surface area contributed by atoms with E-state index in [0.29, 0.717) is 48.3 Å². The smallest absolute Gasteiger partial charge is 0.263 e. The number of benzene rings is 2. The number of amidine groups is 1. The van der Waals surface area contributed by atoms with Gasteiger partial charge in [0.15, 0.2) is 0 Å². The van der Waals surface area contributed by atoms with E-state index in [1.54, 1.807) is 48.5 Å². The molecule has 0 spiro atoms. The predicted octanol–water partition coefficient (Wildman–Crippen LogP) is 3.13. The van der Waals surface area contributed by atoms with Gasteiger partial charge >= 0.3 is 0 Å². The van der Waals surface area contributed by atoms with Gasteiger partial charge in [0.05, 0.1) is 11.4 Å². The summed E-state index contributed by atoms with van der Waals surface area (Å²) in [7, 11) is -3.49. The van der Waals surface area contributed by atoms with E-state index in [2.05, 4.69) is 15.0 Å². The van der Waals surface area contributed by atoms with E-state index in [1.165, 1.54) is 0 Å². The molecule has 30 heavy (non-hydrogen) atoms. The monoisotopic (exact) mass is 449 g/mol. The summed E-state index contributed by atoms with van der Waals surface area (Å²) in [5.74, 6) is 1.09. The Kier molecular flexibility index (Phi) is 7.70. The van der Waals surface area contributed by atoms with Crippen molar-refractivity contribution in [3.05, 3.63) is 59.1 Å². The number of nitrogens with one attached hydrogen (secondary N) is 2. The highest BCUT2D eigenvalue weighted by Gasteiger charge is 2.29. The van der Waals surface area contributed by atoms with Crippen LogP contribution in [0.25, 0.3) is 0 Å². The van der Waals surface area contributed by atoms with Crippen LogP contribution in [0.5, 0.6) is 5.75 Å². The van der Waals surface area contributed by atoms with Gasteiger partial charge in [0.25, 0.3) is 10.0 Å². The van der Waals surface area contributed by atoms with E-state index in [9.17, 15) is 13.2 Å². The van der Waals surface area contributed by atoms with E-state index in [1.807, 2.05) is 0 Å². The van der Waals surface area contributed by atoms with Crippen molar-refractivity contribution in [3.8, 4) is 5.75 Å². The quantitative estimate of drug-likeness (QED) is 0.544. The molecule has 7 nitrogen and oxygen atoms in total. The summed E-state index contributed by atoms with van der Waals surface area (Å²) in [6, 6.07) is 13.9. The summed E-state index contributed by atoms with van der Waals surface area (Å²) >= 11 is 5.81. The maximum Gasteiger partial charge on any atom is 0.263 e. The number of fused-ring (bicyclic) bond motifs is 1. The lowest BCUT2D eigenvalue weighted by Crippen LogP contribution is -2.27. The first kappa shape index (κ1) is 22.1. The number of hydrogen-bond acceptors (Lipinski definition) is 5. The summed E-state index contributed by atoms with van der Waals surface area (Å²) in [4.78, 5) is 16.5. The number of hydrogen-bond donors (Lipinski definition) is 2. The van der Waals surface area contributed by atoms with E-state index in [-0.39, 0.29) is 10.8 Å². The SMILES string of the molecule is O=C(CCCCCN=C1NS(=O)(=O)c2ccccc21)NCCOc1ccc(Cl)cc1. The van der Waals surface area contributed by atoms with Crippen LogP contribution in [0.4, 0.5) is 0 Å². The van der Waals surface area contributed by atoms with Gasteiger partial charge in [-0.05, 0) is 49.2 Å². The minimum atomic E-state index is -3.49. The molecule has 0 saturated carbocycles. The first-order valence-electron chi connectivity index (χ1n) is 9.77. The number of sulfonamides is 1. The van der Waals surface area contributed by atoms with Gasteiger partial charge in [0, 0.05) is 23.6 Å². The number of rotatable bonds is 10. The van der Waals surface area contributed by atoms with Gasteiger partial charge in [-0.15, -0.1) is 0 Å². The molecular formula is C21H24ClN3O4S. The minimum absolute atomic E-state index is 0.0153. The van der Waals surface area contributed by atoms with Gasteiger partial charge in [0.1, 0.15) is 18.2 Å². The van der Waals surface area contributed by atoms with Crippen LogP contribution in [-0.2, 0) is 14.8 Å². The van der Waals surface area contributed by atoms with Gasteiger partial charge in [-0.1, -0.05) is 30.2 Å². The number of ether oxygens (including phenoxy) is 1. The van der Waals surface area contributed by atoms with Crippen LogP contribution >= 0.6 is 11.6 Å². The number of aliphatic imine (C=N–C) groups is 1. The third-order valence-electron chi connectivity index (χ3n) is 4.50. The standard InChI is InChI=1S/C21H24ClN3O4S/c22-16-9-11-17(12-10-16)29-15-14-23-20(26)8-2-1-5-13-24-21-18-6-3-4-7-19(18)30(27,28)25-21/h3-4,6-7,9-12H,1-2,5,8,13-15H2,(H,23,26)(H,24,25). The van der Waals surface area contributed by atoms with Crippen LogP contribution in [-0.4, -0.2) is 39.9 Å². The molecule has 9 heteroatoms. The molecule has 1 aliphatic rings. The molecule has 2 N–H and O–H groups in total. The highest BCUT2D eigenvalue weighted by atomic mass is 35.5. The topological polar surface area (TPSA) is 96.9 Å². The second kappa shape index (κ2) is 10.4. The van der Waals surface area contributed by atoms with E-state index in [0.717, 1.165) is 19.3 Å².